The molecule has 2 rings (SSSR count). The van der Waals surface area contributed by atoms with Crippen molar-refractivity contribution in [3.8, 4) is 0 Å². The van der Waals surface area contributed by atoms with Gasteiger partial charge >= 0.3 is 5.69 Å². The molecule has 0 saturated heterocycles. The van der Waals surface area contributed by atoms with E-state index < -0.39 is 0 Å². The van der Waals surface area contributed by atoms with Crippen molar-refractivity contribution in [1.29, 1.82) is 0 Å². The zero-order chi connectivity index (χ0) is 13.0. The van der Waals surface area contributed by atoms with Crippen molar-refractivity contribution in [3.05, 3.63) is 58.8 Å². The smallest absolute Gasteiger partial charge is 0.300 e. The van der Waals surface area contributed by atoms with Gasteiger partial charge in [0.2, 0.25) is 0 Å². The lowest BCUT2D eigenvalue weighted by Gasteiger charge is -2.02. The Labute approximate surface area is 105 Å². The SMILES string of the molecule is CCn1ccn(CC(=O)Cc2ccccc2)c1=O. The summed E-state index contributed by atoms with van der Waals surface area (Å²) in [5.41, 5.74) is 0.851. The highest BCUT2D eigenvalue weighted by molar-refractivity contribution is 5.80. The molecule has 2 aromatic rings. The molecule has 0 aliphatic carbocycles. The van der Waals surface area contributed by atoms with E-state index >= 15 is 0 Å². The lowest BCUT2D eigenvalue weighted by Crippen LogP contribution is -2.26. The van der Waals surface area contributed by atoms with Crippen LogP contribution in [0.15, 0.2) is 47.5 Å². The first-order valence-electron chi connectivity index (χ1n) is 6.02. The fourth-order valence-electron chi connectivity index (χ4n) is 1.88. The molecule has 0 fully saturated rings. The fraction of sp³-hybridized carbons (Fsp3) is 0.286. The summed E-state index contributed by atoms with van der Waals surface area (Å²) in [4.78, 5) is 23.6. The first kappa shape index (κ1) is 12.4. The van der Waals surface area contributed by atoms with Crippen molar-refractivity contribution < 1.29 is 4.79 Å². The first-order chi connectivity index (χ1) is 8.70. The van der Waals surface area contributed by atoms with Crippen LogP contribution in [0.3, 0.4) is 0 Å². The Bertz CT molecular complexity index is 581. The van der Waals surface area contributed by atoms with Gasteiger partial charge in [-0.2, -0.15) is 0 Å². The van der Waals surface area contributed by atoms with Gasteiger partial charge in [0.25, 0.3) is 0 Å². The molecular formula is C14H16N2O2. The van der Waals surface area contributed by atoms with Crippen molar-refractivity contribution >= 4 is 5.78 Å². The van der Waals surface area contributed by atoms with E-state index in [1.165, 1.54) is 4.57 Å². The van der Waals surface area contributed by atoms with Gasteiger partial charge in [0.05, 0.1) is 6.54 Å². The zero-order valence-corrected chi connectivity index (χ0v) is 10.4. The molecule has 0 unspecified atom stereocenters. The monoisotopic (exact) mass is 244 g/mol. The zero-order valence-electron chi connectivity index (χ0n) is 10.4. The minimum absolute atomic E-state index is 0.0390. The molecule has 1 aromatic heterocycles. The van der Waals surface area contributed by atoms with Crippen molar-refractivity contribution in [2.24, 2.45) is 0 Å². The molecule has 94 valence electrons. The highest BCUT2D eigenvalue weighted by atomic mass is 16.2. The Kier molecular flexibility index (Phi) is 3.77. The summed E-state index contributed by atoms with van der Waals surface area (Å²) in [6.45, 7) is 2.66. The minimum atomic E-state index is -0.126. The number of aromatic nitrogens is 2. The van der Waals surface area contributed by atoms with E-state index in [4.69, 9.17) is 0 Å². The Morgan fingerprint density at radius 3 is 2.39 bits per heavy atom. The third-order valence-electron chi connectivity index (χ3n) is 2.85. The van der Waals surface area contributed by atoms with E-state index in [1.54, 1.807) is 17.0 Å². The molecule has 1 heterocycles. The summed E-state index contributed by atoms with van der Waals surface area (Å²) in [7, 11) is 0. The van der Waals surface area contributed by atoms with Gasteiger partial charge in [-0.25, -0.2) is 4.79 Å². The average molecular weight is 244 g/mol. The van der Waals surface area contributed by atoms with E-state index in [0.717, 1.165) is 5.56 Å². The Hall–Kier alpha value is -2.10. The maximum absolute atomic E-state index is 11.9. The van der Waals surface area contributed by atoms with Crippen molar-refractivity contribution in [2.75, 3.05) is 0 Å². The van der Waals surface area contributed by atoms with Crippen molar-refractivity contribution in [1.82, 2.24) is 9.13 Å². The van der Waals surface area contributed by atoms with E-state index in [0.29, 0.717) is 13.0 Å². The molecule has 0 spiro atoms. The maximum Gasteiger partial charge on any atom is 0.328 e. The first-order valence-corrected chi connectivity index (χ1v) is 6.02. The molecule has 0 aliphatic heterocycles. The molecule has 0 aliphatic rings. The number of aryl methyl sites for hydroxylation is 1. The third kappa shape index (κ3) is 2.77. The van der Waals surface area contributed by atoms with Gasteiger partial charge in [0.15, 0.2) is 5.78 Å². The molecule has 0 amide bonds. The van der Waals surface area contributed by atoms with Crippen LogP contribution in [0.2, 0.25) is 0 Å². The lowest BCUT2D eigenvalue weighted by atomic mass is 10.1. The van der Waals surface area contributed by atoms with E-state index in [-0.39, 0.29) is 18.0 Å². The van der Waals surface area contributed by atoms with Crippen LogP contribution in [0.5, 0.6) is 0 Å². The number of carbonyl (C=O) groups excluding carboxylic acids is 1. The van der Waals surface area contributed by atoms with Gasteiger partial charge in [-0.3, -0.25) is 13.9 Å². The summed E-state index contributed by atoms with van der Waals surface area (Å²) >= 11 is 0. The van der Waals surface area contributed by atoms with E-state index in [2.05, 4.69) is 0 Å². The minimum Gasteiger partial charge on any atom is -0.300 e. The van der Waals surface area contributed by atoms with Crippen LogP contribution in [0, 0.1) is 0 Å². The summed E-state index contributed by atoms with van der Waals surface area (Å²) < 4.78 is 3.03. The van der Waals surface area contributed by atoms with Gasteiger partial charge in [0, 0.05) is 25.4 Å². The molecule has 18 heavy (non-hydrogen) atoms. The summed E-state index contributed by atoms with van der Waals surface area (Å²) in [5, 5.41) is 0. The molecule has 0 bridgehead atoms. The summed E-state index contributed by atoms with van der Waals surface area (Å²) in [6.07, 6.45) is 3.73. The molecule has 0 atom stereocenters. The van der Waals surface area contributed by atoms with Crippen LogP contribution in [0.4, 0.5) is 0 Å². The Morgan fingerprint density at radius 1 is 1.11 bits per heavy atom. The van der Waals surface area contributed by atoms with Crippen molar-refractivity contribution in [3.63, 3.8) is 0 Å². The Balaban J connectivity index is 2.03. The largest absolute Gasteiger partial charge is 0.328 e. The van der Waals surface area contributed by atoms with Crippen LogP contribution < -0.4 is 5.69 Å². The summed E-state index contributed by atoms with van der Waals surface area (Å²) in [5.74, 6) is 0.0390. The number of nitrogens with zero attached hydrogens (tertiary/aromatic N) is 2. The molecule has 4 nitrogen and oxygen atoms in total. The predicted octanol–water partition coefficient (Wildman–Crippen LogP) is 1.48. The standard InChI is InChI=1S/C14H16N2O2/c1-2-15-8-9-16(14(15)18)11-13(17)10-12-6-4-3-5-7-12/h3-9H,2,10-11H2,1H3. The highest BCUT2D eigenvalue weighted by Crippen LogP contribution is 2.01. The lowest BCUT2D eigenvalue weighted by molar-refractivity contribution is -0.119. The maximum atomic E-state index is 11.9. The van der Waals surface area contributed by atoms with Crippen LogP contribution in [-0.2, 0) is 24.3 Å². The number of carbonyl (C=O) groups is 1. The van der Waals surface area contributed by atoms with Gasteiger partial charge < -0.3 is 0 Å². The quantitative estimate of drug-likeness (QED) is 0.799. The molecule has 1 aromatic carbocycles. The molecular weight excluding hydrogens is 228 g/mol. The highest BCUT2D eigenvalue weighted by Gasteiger charge is 2.08. The third-order valence-corrected chi connectivity index (χ3v) is 2.85. The molecule has 0 radical (unpaired) electrons. The van der Waals surface area contributed by atoms with E-state index in [9.17, 15) is 9.59 Å². The second-order valence-corrected chi connectivity index (χ2v) is 4.20. The number of Topliss-reactive ketones (excluding diaryl/α,β-unsaturated/α-hetero) is 1. The summed E-state index contributed by atoms with van der Waals surface area (Å²) in [6, 6.07) is 9.56. The fourth-order valence-corrected chi connectivity index (χ4v) is 1.88. The van der Waals surface area contributed by atoms with Crippen LogP contribution >= 0.6 is 0 Å². The normalized spacial score (nSPS) is 10.5. The van der Waals surface area contributed by atoms with Gasteiger partial charge in [-0.1, -0.05) is 30.3 Å². The number of rotatable bonds is 5. The van der Waals surface area contributed by atoms with Crippen LogP contribution in [-0.4, -0.2) is 14.9 Å². The number of hydrogen-bond acceptors (Lipinski definition) is 2. The number of imidazole rings is 1. The van der Waals surface area contributed by atoms with Gasteiger partial charge in [0.1, 0.15) is 0 Å². The van der Waals surface area contributed by atoms with Crippen molar-refractivity contribution in [2.45, 2.75) is 26.4 Å². The second kappa shape index (κ2) is 5.49. The van der Waals surface area contributed by atoms with Crippen LogP contribution in [0.1, 0.15) is 12.5 Å². The number of benzene rings is 1. The van der Waals surface area contributed by atoms with Gasteiger partial charge in [-0.05, 0) is 12.5 Å². The van der Waals surface area contributed by atoms with Gasteiger partial charge in [-0.15, -0.1) is 0 Å². The van der Waals surface area contributed by atoms with Crippen LogP contribution in [0.25, 0.3) is 0 Å². The molecule has 0 N–H and O–H groups in total. The predicted molar refractivity (Wildman–Crippen MR) is 69.5 cm³/mol. The number of hydrogen-bond donors (Lipinski definition) is 0. The number of ketones is 1. The second-order valence-electron chi connectivity index (χ2n) is 4.20. The molecule has 0 saturated carbocycles. The average Bonchev–Trinajstić information content (AvgIpc) is 2.71. The van der Waals surface area contributed by atoms with E-state index in [1.807, 2.05) is 37.3 Å². The molecule has 4 heteroatoms. The Morgan fingerprint density at radius 2 is 1.78 bits per heavy atom. The topological polar surface area (TPSA) is 44.0 Å².